The molecule has 2 aromatic rings. The monoisotopic (exact) mass is 554 g/mol. The molecule has 2 aromatic heterocycles. The SMILES string of the molecule is Nc1nc(N)nc(N)n1.Nc1nc(N)nc(N)n1.O=P([O-])([O-])OP(=O)([O-])[O-].[Zn+2].[Zn+2]. The van der Waals surface area contributed by atoms with Gasteiger partial charge in [-0.2, -0.15) is 29.9 Å². The zero-order chi connectivity index (χ0) is 21.4. The summed E-state index contributed by atoms with van der Waals surface area (Å²) < 4.78 is 21.2. The Labute approximate surface area is 187 Å². The van der Waals surface area contributed by atoms with Crippen LogP contribution >= 0.6 is 15.6 Å². The van der Waals surface area contributed by atoms with E-state index in [9.17, 15) is 28.7 Å². The van der Waals surface area contributed by atoms with Gasteiger partial charge in [0.15, 0.2) is 0 Å². The maximum atomic E-state index is 9.32. The van der Waals surface area contributed by atoms with Crippen LogP contribution in [0.2, 0.25) is 0 Å². The van der Waals surface area contributed by atoms with E-state index in [2.05, 4.69) is 34.2 Å². The number of anilines is 6. The maximum absolute atomic E-state index is 9.32. The fourth-order valence-corrected chi connectivity index (χ4v) is 1.96. The number of rotatable bonds is 2. The standard InChI is InChI=1S/2C3H6N6.H4O7P2.2Zn/c2*4-1-7-2(5)9-3(6)8-1;1-8(2,3)7-9(4,5)6;;/h2*(H6,4,5,6,7,8,9);(H2,1,2,3)(H2,4,5,6);;/q;;;2*+2/p-4. The van der Waals surface area contributed by atoms with Crippen LogP contribution in [0.5, 0.6) is 0 Å². The molecule has 12 N–H and O–H groups in total. The first-order valence-corrected chi connectivity index (χ1v) is 8.80. The smallest absolute Gasteiger partial charge is 0.790 e. The molecule has 0 atom stereocenters. The summed E-state index contributed by atoms with van der Waals surface area (Å²) >= 11 is 0. The molecule has 29 heavy (non-hydrogen) atoms. The first-order chi connectivity index (χ1) is 12.1. The predicted molar refractivity (Wildman–Crippen MR) is 82.4 cm³/mol. The molecule has 152 valence electrons. The number of hydrogen-bond acceptors (Lipinski definition) is 19. The van der Waals surface area contributed by atoms with Gasteiger partial charge in [0.25, 0.3) is 0 Å². The molecular formula is C6H12N12O7P2Zn2. The van der Waals surface area contributed by atoms with E-state index >= 15 is 0 Å². The van der Waals surface area contributed by atoms with Crippen LogP contribution in [0.25, 0.3) is 0 Å². The molecule has 0 spiro atoms. The zero-order valence-corrected chi connectivity index (χ0v) is 22.0. The van der Waals surface area contributed by atoms with E-state index in [1.54, 1.807) is 0 Å². The van der Waals surface area contributed by atoms with Crippen molar-refractivity contribution in [3.05, 3.63) is 0 Å². The minimum atomic E-state index is -5.68. The molecule has 0 aromatic carbocycles. The minimum Gasteiger partial charge on any atom is -0.790 e. The molecule has 0 aliphatic rings. The van der Waals surface area contributed by atoms with Gasteiger partial charge in [0, 0.05) is 0 Å². The van der Waals surface area contributed by atoms with Crippen molar-refractivity contribution in [3.8, 4) is 0 Å². The number of phosphoric acid groups is 2. The van der Waals surface area contributed by atoms with E-state index in [0.29, 0.717) is 0 Å². The Morgan fingerprint density at radius 1 is 0.517 bits per heavy atom. The Morgan fingerprint density at radius 3 is 0.724 bits per heavy atom. The minimum absolute atomic E-state index is 0. The van der Waals surface area contributed by atoms with E-state index in [-0.39, 0.29) is 74.6 Å². The van der Waals surface area contributed by atoms with Crippen molar-refractivity contribution < 1.29 is 72.0 Å². The molecular weight excluding hydrogens is 545 g/mol. The number of nitrogens with zero attached hydrogens (tertiary/aromatic N) is 6. The number of nitrogens with two attached hydrogens (primary N) is 6. The molecule has 2 heterocycles. The van der Waals surface area contributed by atoms with Crippen LogP contribution < -0.4 is 54.0 Å². The molecule has 0 amide bonds. The van der Waals surface area contributed by atoms with Gasteiger partial charge in [-0.3, -0.25) is 0 Å². The van der Waals surface area contributed by atoms with Gasteiger partial charge in [0.2, 0.25) is 35.7 Å². The maximum Gasteiger partial charge on any atom is 2.00 e. The largest absolute Gasteiger partial charge is 2.00 e. The first-order valence-electron chi connectivity index (χ1n) is 5.88. The predicted octanol–water partition coefficient (Wildman–Crippen LogP) is -6.11. The zero-order valence-electron chi connectivity index (χ0n) is 14.3. The van der Waals surface area contributed by atoms with Crippen molar-refractivity contribution in [1.29, 1.82) is 0 Å². The van der Waals surface area contributed by atoms with E-state index in [1.165, 1.54) is 0 Å². The summed E-state index contributed by atoms with van der Waals surface area (Å²) in [6.45, 7) is 0. The summed E-state index contributed by atoms with van der Waals surface area (Å²) in [5.41, 5.74) is 30.8. The summed E-state index contributed by atoms with van der Waals surface area (Å²) in [5.74, 6) is 0.250. The van der Waals surface area contributed by atoms with Crippen molar-refractivity contribution in [1.82, 2.24) is 29.9 Å². The summed E-state index contributed by atoms with van der Waals surface area (Å²) in [4.78, 5) is 58.2. The molecule has 0 aliphatic carbocycles. The van der Waals surface area contributed by atoms with Gasteiger partial charge in [0.05, 0.1) is 15.6 Å². The van der Waals surface area contributed by atoms with Crippen LogP contribution in [0, 0.1) is 0 Å². The Hall–Kier alpha value is -1.67. The molecule has 0 aliphatic heterocycles. The summed E-state index contributed by atoms with van der Waals surface area (Å²) in [7, 11) is -11.4. The molecule has 19 nitrogen and oxygen atoms in total. The summed E-state index contributed by atoms with van der Waals surface area (Å²) in [5, 5.41) is 0. The van der Waals surface area contributed by atoms with Gasteiger partial charge in [-0.15, -0.1) is 0 Å². The third kappa shape index (κ3) is 19.4. The van der Waals surface area contributed by atoms with Gasteiger partial charge in [-0.05, 0) is 0 Å². The molecule has 23 heteroatoms. The number of aromatic nitrogens is 6. The van der Waals surface area contributed by atoms with Crippen LogP contribution in [-0.4, -0.2) is 29.9 Å². The molecule has 0 fully saturated rings. The van der Waals surface area contributed by atoms with Gasteiger partial charge in [0.1, 0.15) is 0 Å². The Bertz CT molecular complexity index is 694. The number of nitrogen functional groups attached to an aromatic ring is 6. The average molecular weight is 557 g/mol. The van der Waals surface area contributed by atoms with Gasteiger partial charge in [-0.1, -0.05) is 0 Å². The normalized spacial score (nSPS) is 10.1. The van der Waals surface area contributed by atoms with Crippen molar-refractivity contribution in [3.63, 3.8) is 0 Å². The van der Waals surface area contributed by atoms with E-state index < -0.39 is 15.6 Å². The van der Waals surface area contributed by atoms with E-state index in [1.807, 2.05) is 0 Å². The second kappa shape index (κ2) is 13.5. The molecule has 0 bridgehead atoms. The Balaban J connectivity index is -0.000000338. The van der Waals surface area contributed by atoms with Crippen LogP contribution in [0.4, 0.5) is 35.7 Å². The third-order valence-electron chi connectivity index (χ3n) is 1.57. The fraction of sp³-hybridized carbons (Fsp3) is 0. The number of hydrogen-bond donors (Lipinski definition) is 6. The van der Waals surface area contributed by atoms with Crippen LogP contribution in [-0.2, 0) is 52.4 Å². The Kier molecular flexibility index (Phi) is 14.9. The van der Waals surface area contributed by atoms with Gasteiger partial charge < -0.3 is 67.4 Å². The van der Waals surface area contributed by atoms with E-state index in [0.717, 1.165) is 0 Å². The average Bonchev–Trinajstić information content (AvgIpc) is 2.31. The molecule has 0 saturated carbocycles. The molecule has 2 rings (SSSR count). The van der Waals surface area contributed by atoms with Crippen LogP contribution in [0.15, 0.2) is 0 Å². The van der Waals surface area contributed by atoms with Crippen molar-refractivity contribution in [2.24, 2.45) is 0 Å². The van der Waals surface area contributed by atoms with Gasteiger partial charge in [-0.25, -0.2) is 0 Å². The van der Waals surface area contributed by atoms with Crippen LogP contribution in [0.1, 0.15) is 0 Å². The van der Waals surface area contributed by atoms with Crippen molar-refractivity contribution in [2.45, 2.75) is 0 Å². The van der Waals surface area contributed by atoms with Crippen molar-refractivity contribution in [2.75, 3.05) is 34.4 Å². The quantitative estimate of drug-likeness (QED) is 0.148. The first kappa shape index (κ1) is 32.0. The van der Waals surface area contributed by atoms with Crippen molar-refractivity contribution >= 4 is 51.3 Å². The fourth-order valence-electron chi connectivity index (χ4n) is 0.977. The molecule has 0 unspecified atom stereocenters. The molecule has 0 saturated heterocycles. The Morgan fingerprint density at radius 2 is 0.655 bits per heavy atom. The van der Waals surface area contributed by atoms with Crippen LogP contribution in [0.3, 0.4) is 0 Å². The topological polar surface area (TPSA) is 369 Å². The van der Waals surface area contributed by atoms with Gasteiger partial charge >= 0.3 is 39.0 Å². The second-order valence-corrected chi connectivity index (χ2v) is 6.24. The molecule has 0 radical (unpaired) electrons. The third-order valence-corrected chi connectivity index (χ3v) is 3.17. The summed E-state index contributed by atoms with van der Waals surface area (Å²) in [6.07, 6.45) is 0. The van der Waals surface area contributed by atoms with E-state index in [4.69, 9.17) is 34.4 Å². The summed E-state index contributed by atoms with van der Waals surface area (Å²) in [6, 6.07) is 0. The second-order valence-electron chi connectivity index (χ2n) is 3.80.